The Hall–Kier alpha value is -2.33. The number of rotatable bonds is 8. The molecule has 0 aliphatic rings. The molecule has 4 nitrogen and oxygen atoms in total. The number of carbonyl (C=O) groups excluding carboxylic acids is 1. The first-order chi connectivity index (χ1) is 12.4. The fourth-order valence-corrected chi connectivity index (χ4v) is 2.94. The van der Waals surface area contributed by atoms with Crippen LogP contribution in [-0.4, -0.2) is 38.0 Å². The molecule has 140 valence electrons. The van der Waals surface area contributed by atoms with Gasteiger partial charge in [-0.15, -0.1) is 0 Å². The highest BCUT2D eigenvalue weighted by molar-refractivity contribution is 5.93. The van der Waals surface area contributed by atoms with Crippen LogP contribution in [0, 0.1) is 0 Å². The quantitative estimate of drug-likeness (QED) is 0.767. The lowest BCUT2D eigenvalue weighted by molar-refractivity contribution is -0.117. The Morgan fingerprint density at radius 3 is 2.27 bits per heavy atom. The molecule has 0 saturated carbocycles. The molecule has 0 heterocycles. The number of likely N-dealkylation sites (N-methyl/N-ethyl adjacent to an activating group) is 1. The lowest BCUT2D eigenvalue weighted by atomic mass is 10.0. The van der Waals surface area contributed by atoms with Crippen LogP contribution >= 0.6 is 0 Å². The van der Waals surface area contributed by atoms with E-state index in [9.17, 15) is 4.79 Å². The molecule has 0 aromatic heterocycles. The average Bonchev–Trinajstić information content (AvgIpc) is 2.61. The number of carbonyl (C=O) groups is 1. The van der Waals surface area contributed by atoms with Gasteiger partial charge >= 0.3 is 0 Å². The van der Waals surface area contributed by atoms with Gasteiger partial charge in [-0.3, -0.25) is 9.69 Å². The molecule has 0 radical (unpaired) electrons. The molecule has 0 spiro atoms. The lowest BCUT2D eigenvalue weighted by Crippen LogP contribution is -2.33. The third-order valence-electron chi connectivity index (χ3n) is 4.53. The number of hydrogen-bond acceptors (Lipinski definition) is 3. The molecule has 0 unspecified atom stereocenters. The standard InChI is InChI=1S/C22H31N3O/c1-6-25(15-18-11-13-19(14-12-18)24(4)5)16-22(26)23-21-10-8-7-9-20(21)17(2)3/h7-14,17H,6,15-16H2,1-5H3,(H,23,26). The third-order valence-corrected chi connectivity index (χ3v) is 4.53. The largest absolute Gasteiger partial charge is 0.378 e. The summed E-state index contributed by atoms with van der Waals surface area (Å²) in [6, 6.07) is 16.5. The van der Waals surface area contributed by atoms with Gasteiger partial charge in [0.25, 0.3) is 0 Å². The summed E-state index contributed by atoms with van der Waals surface area (Å²) in [4.78, 5) is 16.8. The SMILES string of the molecule is CCN(CC(=O)Nc1ccccc1C(C)C)Cc1ccc(N(C)C)cc1. The van der Waals surface area contributed by atoms with Crippen molar-refractivity contribution in [3.8, 4) is 0 Å². The molecular weight excluding hydrogens is 322 g/mol. The number of anilines is 2. The fourth-order valence-electron chi connectivity index (χ4n) is 2.94. The van der Waals surface area contributed by atoms with E-state index in [-0.39, 0.29) is 5.91 Å². The molecule has 1 N–H and O–H groups in total. The van der Waals surface area contributed by atoms with Crippen molar-refractivity contribution in [2.45, 2.75) is 33.2 Å². The Balaban J connectivity index is 1.98. The third kappa shape index (κ3) is 5.60. The van der Waals surface area contributed by atoms with Crippen LogP contribution in [0.15, 0.2) is 48.5 Å². The van der Waals surface area contributed by atoms with E-state index in [1.165, 1.54) is 16.8 Å². The molecule has 0 fully saturated rings. The Bertz CT molecular complexity index is 708. The lowest BCUT2D eigenvalue weighted by Gasteiger charge is -2.21. The first-order valence-corrected chi connectivity index (χ1v) is 9.28. The second-order valence-electron chi connectivity index (χ2n) is 7.15. The van der Waals surface area contributed by atoms with Gasteiger partial charge in [0, 0.05) is 32.0 Å². The van der Waals surface area contributed by atoms with E-state index in [4.69, 9.17) is 0 Å². The highest BCUT2D eigenvalue weighted by atomic mass is 16.2. The van der Waals surface area contributed by atoms with Crippen LogP contribution in [0.3, 0.4) is 0 Å². The predicted molar refractivity (Wildman–Crippen MR) is 111 cm³/mol. The van der Waals surface area contributed by atoms with Crippen LogP contribution in [0.5, 0.6) is 0 Å². The summed E-state index contributed by atoms with van der Waals surface area (Å²) in [6.45, 7) is 8.35. The van der Waals surface area contributed by atoms with Crippen molar-refractivity contribution < 1.29 is 4.79 Å². The van der Waals surface area contributed by atoms with Gasteiger partial charge in [-0.05, 0) is 41.8 Å². The van der Waals surface area contributed by atoms with Gasteiger partial charge in [-0.2, -0.15) is 0 Å². The van der Waals surface area contributed by atoms with E-state index >= 15 is 0 Å². The molecule has 26 heavy (non-hydrogen) atoms. The van der Waals surface area contributed by atoms with Crippen molar-refractivity contribution >= 4 is 17.3 Å². The van der Waals surface area contributed by atoms with Gasteiger partial charge < -0.3 is 10.2 Å². The van der Waals surface area contributed by atoms with E-state index in [1.807, 2.05) is 32.3 Å². The molecule has 0 aliphatic heterocycles. The fraction of sp³-hybridized carbons (Fsp3) is 0.409. The van der Waals surface area contributed by atoms with Crippen LogP contribution in [-0.2, 0) is 11.3 Å². The minimum absolute atomic E-state index is 0.0323. The first kappa shape index (κ1) is 20.0. The van der Waals surface area contributed by atoms with Crippen molar-refractivity contribution in [1.29, 1.82) is 0 Å². The van der Waals surface area contributed by atoms with Gasteiger partial charge in [0.2, 0.25) is 5.91 Å². The predicted octanol–water partition coefficient (Wildman–Crippen LogP) is 4.34. The van der Waals surface area contributed by atoms with Crippen LogP contribution < -0.4 is 10.2 Å². The second kappa shape index (κ2) is 9.39. The monoisotopic (exact) mass is 353 g/mol. The maximum Gasteiger partial charge on any atom is 0.238 e. The Kier molecular flexibility index (Phi) is 7.22. The Morgan fingerprint density at radius 2 is 1.69 bits per heavy atom. The van der Waals surface area contributed by atoms with Gasteiger partial charge in [0.05, 0.1) is 6.54 Å². The molecule has 2 aromatic rings. The van der Waals surface area contributed by atoms with E-state index in [2.05, 4.69) is 66.2 Å². The van der Waals surface area contributed by atoms with Crippen molar-refractivity contribution in [2.24, 2.45) is 0 Å². The van der Waals surface area contributed by atoms with E-state index in [0.29, 0.717) is 12.5 Å². The van der Waals surface area contributed by atoms with Gasteiger partial charge in [0.15, 0.2) is 0 Å². The minimum Gasteiger partial charge on any atom is -0.378 e. The summed E-state index contributed by atoms with van der Waals surface area (Å²) < 4.78 is 0. The highest BCUT2D eigenvalue weighted by Gasteiger charge is 2.13. The summed E-state index contributed by atoms with van der Waals surface area (Å²) in [5.74, 6) is 0.411. The van der Waals surface area contributed by atoms with Crippen molar-refractivity contribution in [1.82, 2.24) is 4.90 Å². The Labute approximate surface area is 157 Å². The van der Waals surface area contributed by atoms with Gasteiger partial charge in [0.1, 0.15) is 0 Å². The number of hydrogen-bond donors (Lipinski definition) is 1. The van der Waals surface area contributed by atoms with E-state index in [0.717, 1.165) is 18.8 Å². The van der Waals surface area contributed by atoms with Crippen molar-refractivity contribution in [2.75, 3.05) is 37.4 Å². The topological polar surface area (TPSA) is 35.6 Å². The molecule has 2 aromatic carbocycles. The zero-order valence-corrected chi connectivity index (χ0v) is 16.6. The summed E-state index contributed by atoms with van der Waals surface area (Å²) >= 11 is 0. The first-order valence-electron chi connectivity index (χ1n) is 9.28. The zero-order chi connectivity index (χ0) is 19.1. The summed E-state index contributed by atoms with van der Waals surface area (Å²) in [6.07, 6.45) is 0. The van der Waals surface area contributed by atoms with Gasteiger partial charge in [-0.25, -0.2) is 0 Å². The summed E-state index contributed by atoms with van der Waals surface area (Å²) in [7, 11) is 4.07. The zero-order valence-electron chi connectivity index (χ0n) is 16.6. The summed E-state index contributed by atoms with van der Waals surface area (Å²) in [5, 5.41) is 3.08. The smallest absolute Gasteiger partial charge is 0.238 e. The highest BCUT2D eigenvalue weighted by Crippen LogP contribution is 2.23. The van der Waals surface area contributed by atoms with Crippen LogP contribution in [0.1, 0.15) is 37.8 Å². The normalized spacial score (nSPS) is 11.0. The second-order valence-corrected chi connectivity index (χ2v) is 7.15. The summed E-state index contributed by atoms with van der Waals surface area (Å²) in [5.41, 5.74) is 4.48. The number of benzene rings is 2. The molecule has 0 bridgehead atoms. The molecule has 4 heteroatoms. The van der Waals surface area contributed by atoms with Crippen molar-refractivity contribution in [3.63, 3.8) is 0 Å². The molecular formula is C22H31N3O. The molecule has 0 saturated heterocycles. The molecule has 0 aliphatic carbocycles. The number of nitrogens with one attached hydrogen (secondary N) is 1. The average molecular weight is 354 g/mol. The number of amides is 1. The van der Waals surface area contributed by atoms with Crippen LogP contribution in [0.4, 0.5) is 11.4 Å². The molecule has 2 rings (SSSR count). The van der Waals surface area contributed by atoms with Crippen LogP contribution in [0.25, 0.3) is 0 Å². The Morgan fingerprint density at radius 1 is 1.04 bits per heavy atom. The van der Waals surface area contributed by atoms with Gasteiger partial charge in [-0.1, -0.05) is 51.1 Å². The van der Waals surface area contributed by atoms with Crippen molar-refractivity contribution in [3.05, 3.63) is 59.7 Å². The van der Waals surface area contributed by atoms with E-state index < -0.39 is 0 Å². The van der Waals surface area contributed by atoms with Crippen LogP contribution in [0.2, 0.25) is 0 Å². The number of nitrogens with zero attached hydrogens (tertiary/aromatic N) is 2. The van der Waals surface area contributed by atoms with E-state index in [1.54, 1.807) is 0 Å². The molecule has 0 atom stereocenters. The maximum absolute atomic E-state index is 12.5. The maximum atomic E-state index is 12.5. The minimum atomic E-state index is 0.0323. The molecule has 1 amide bonds. The number of para-hydroxylation sites is 1.